The Kier molecular flexibility index (Phi) is 4.68. The molecule has 0 bridgehead atoms. The molecule has 8 nitrogen and oxygen atoms in total. The molecule has 0 radical (unpaired) electrons. The van der Waals surface area contributed by atoms with Crippen molar-refractivity contribution < 1.29 is 9.18 Å². The summed E-state index contributed by atoms with van der Waals surface area (Å²) in [6, 6.07) is 7.52. The summed E-state index contributed by atoms with van der Waals surface area (Å²) in [5.41, 5.74) is 7.22. The van der Waals surface area contributed by atoms with Crippen LogP contribution in [0.1, 0.15) is 47.4 Å². The zero-order valence-electron chi connectivity index (χ0n) is 15.6. The monoisotopic (exact) mass is 391 g/mol. The Bertz CT molecular complexity index is 1150. The first-order chi connectivity index (χ1) is 14.0. The molecule has 1 amide bonds. The molecule has 1 aliphatic rings. The number of fused-ring (bicyclic) bond motifs is 1. The number of benzene rings is 1. The van der Waals surface area contributed by atoms with Gasteiger partial charge in [-0.05, 0) is 44.0 Å². The summed E-state index contributed by atoms with van der Waals surface area (Å²) in [6.07, 6.45) is 3.13. The molecule has 1 aromatic carbocycles. The number of rotatable bonds is 5. The number of amides is 1. The van der Waals surface area contributed by atoms with Crippen molar-refractivity contribution in [2.45, 2.75) is 31.8 Å². The molecule has 1 unspecified atom stereocenters. The number of aromatic nitrogens is 3. The Hall–Kier alpha value is -3.80. The van der Waals surface area contributed by atoms with Crippen molar-refractivity contribution in [3.63, 3.8) is 0 Å². The first kappa shape index (κ1) is 18.6. The number of nitrogens with one attached hydrogen (secondary N) is 2. The van der Waals surface area contributed by atoms with Crippen molar-refractivity contribution in [2.75, 3.05) is 11.1 Å². The van der Waals surface area contributed by atoms with Gasteiger partial charge in [-0.25, -0.2) is 19.3 Å². The lowest BCUT2D eigenvalue weighted by Crippen LogP contribution is -2.28. The van der Waals surface area contributed by atoms with Crippen molar-refractivity contribution in [1.29, 1.82) is 5.26 Å². The molecule has 1 atom stereocenters. The summed E-state index contributed by atoms with van der Waals surface area (Å²) >= 11 is 0. The van der Waals surface area contributed by atoms with Gasteiger partial charge in [0.1, 0.15) is 35.4 Å². The van der Waals surface area contributed by atoms with Gasteiger partial charge in [-0.3, -0.25) is 4.79 Å². The normalized spacial score (nSPS) is 14.2. The highest BCUT2D eigenvalue weighted by Gasteiger charge is 2.27. The summed E-state index contributed by atoms with van der Waals surface area (Å²) in [7, 11) is 0. The highest BCUT2D eigenvalue weighted by Crippen LogP contribution is 2.27. The second kappa shape index (κ2) is 7.31. The van der Waals surface area contributed by atoms with Crippen LogP contribution in [0.15, 0.2) is 30.6 Å². The molecule has 146 valence electrons. The molecular formula is C20H18FN7O. The fourth-order valence-corrected chi connectivity index (χ4v) is 3.06. The van der Waals surface area contributed by atoms with Crippen molar-refractivity contribution in [3.8, 4) is 6.07 Å². The molecule has 2 aromatic heterocycles. The van der Waals surface area contributed by atoms with E-state index in [2.05, 4.69) is 25.6 Å². The minimum Gasteiger partial charge on any atom is -0.382 e. The van der Waals surface area contributed by atoms with Crippen LogP contribution in [0.4, 0.5) is 16.0 Å². The van der Waals surface area contributed by atoms with E-state index in [9.17, 15) is 14.4 Å². The van der Waals surface area contributed by atoms with E-state index in [0.29, 0.717) is 22.2 Å². The predicted octanol–water partition coefficient (Wildman–Crippen LogP) is 2.68. The Morgan fingerprint density at radius 1 is 1.34 bits per heavy atom. The van der Waals surface area contributed by atoms with E-state index in [1.165, 1.54) is 18.5 Å². The van der Waals surface area contributed by atoms with Crippen molar-refractivity contribution in [2.24, 2.45) is 0 Å². The number of nitrogens with zero attached hydrogens (tertiary/aromatic N) is 4. The van der Waals surface area contributed by atoms with Gasteiger partial charge in [-0.15, -0.1) is 0 Å². The topological polar surface area (TPSA) is 130 Å². The Balaban J connectivity index is 1.76. The molecule has 4 rings (SSSR count). The minimum absolute atomic E-state index is 0.0610. The lowest BCUT2D eigenvalue weighted by molar-refractivity contribution is 0.0949. The molecule has 0 aliphatic heterocycles. The molecule has 0 saturated heterocycles. The maximum atomic E-state index is 13.7. The largest absolute Gasteiger partial charge is 0.382 e. The van der Waals surface area contributed by atoms with Crippen LogP contribution in [0.3, 0.4) is 0 Å². The number of pyridine rings is 1. The van der Waals surface area contributed by atoms with Crippen LogP contribution in [-0.4, -0.2) is 26.9 Å². The van der Waals surface area contributed by atoms with Gasteiger partial charge in [-0.1, -0.05) is 0 Å². The van der Waals surface area contributed by atoms with Crippen LogP contribution >= 0.6 is 0 Å². The molecule has 29 heavy (non-hydrogen) atoms. The maximum Gasteiger partial charge on any atom is 0.253 e. The summed E-state index contributed by atoms with van der Waals surface area (Å²) in [5, 5.41) is 15.9. The Morgan fingerprint density at radius 3 is 2.86 bits per heavy atom. The second-order valence-corrected chi connectivity index (χ2v) is 6.97. The van der Waals surface area contributed by atoms with Crippen LogP contribution in [-0.2, 0) is 0 Å². The number of halogens is 1. The lowest BCUT2D eigenvalue weighted by Gasteiger charge is -2.19. The fraction of sp³-hybridized carbons (Fsp3) is 0.250. The number of carbonyl (C=O) groups excluding carboxylic acids is 1. The third kappa shape index (κ3) is 3.78. The van der Waals surface area contributed by atoms with Gasteiger partial charge in [0.05, 0.1) is 22.8 Å². The van der Waals surface area contributed by atoms with Crippen molar-refractivity contribution >= 4 is 28.4 Å². The fourth-order valence-electron chi connectivity index (χ4n) is 3.06. The van der Waals surface area contributed by atoms with E-state index in [1.54, 1.807) is 19.1 Å². The zero-order valence-corrected chi connectivity index (χ0v) is 15.6. The third-order valence-electron chi connectivity index (χ3n) is 4.72. The smallest absolute Gasteiger partial charge is 0.253 e. The second-order valence-electron chi connectivity index (χ2n) is 6.97. The molecule has 2 heterocycles. The molecule has 1 saturated carbocycles. The average molecular weight is 391 g/mol. The highest BCUT2D eigenvalue weighted by molar-refractivity contribution is 5.99. The van der Waals surface area contributed by atoms with Gasteiger partial charge in [0.2, 0.25) is 0 Å². The van der Waals surface area contributed by atoms with E-state index in [-0.39, 0.29) is 29.1 Å². The molecule has 3 aromatic rings. The molecule has 4 N–H and O–H groups in total. The summed E-state index contributed by atoms with van der Waals surface area (Å²) in [4.78, 5) is 25.3. The number of nitrogens with two attached hydrogens (primary N) is 1. The molecule has 0 spiro atoms. The van der Waals surface area contributed by atoms with Crippen LogP contribution in [0.5, 0.6) is 0 Å². The number of carbonyl (C=O) groups is 1. The molecule has 1 aliphatic carbocycles. The van der Waals surface area contributed by atoms with Crippen LogP contribution in [0.25, 0.3) is 10.9 Å². The van der Waals surface area contributed by atoms with Gasteiger partial charge in [-0.2, -0.15) is 5.26 Å². The van der Waals surface area contributed by atoms with Gasteiger partial charge >= 0.3 is 0 Å². The van der Waals surface area contributed by atoms with Gasteiger partial charge in [0.25, 0.3) is 5.91 Å². The van der Waals surface area contributed by atoms with E-state index in [1.807, 2.05) is 6.07 Å². The number of anilines is 2. The first-order valence-electron chi connectivity index (χ1n) is 9.14. The standard InChI is InChI=1S/C20H18FN7O/c1-10(26-19-15(8-22)18(23)24-9-25-19)17-14(20(29)27-13-3-4-13)7-11-6-12(21)2-5-16(11)28-17/h2,5-7,9-10,13H,3-4H2,1H3,(H,27,29)(H3,23,24,25,26). The Labute approximate surface area is 166 Å². The molecule has 1 fully saturated rings. The van der Waals surface area contributed by atoms with E-state index >= 15 is 0 Å². The first-order valence-corrected chi connectivity index (χ1v) is 9.14. The Morgan fingerprint density at radius 2 is 2.14 bits per heavy atom. The van der Waals surface area contributed by atoms with Crippen molar-refractivity contribution in [1.82, 2.24) is 20.3 Å². The number of nitrogen functional groups attached to an aromatic ring is 1. The van der Waals surface area contributed by atoms with E-state index < -0.39 is 11.9 Å². The van der Waals surface area contributed by atoms with Gasteiger partial charge < -0.3 is 16.4 Å². The average Bonchev–Trinajstić information content (AvgIpc) is 3.51. The molecular weight excluding hydrogens is 373 g/mol. The van der Waals surface area contributed by atoms with Gasteiger partial charge in [0.15, 0.2) is 0 Å². The van der Waals surface area contributed by atoms with E-state index in [0.717, 1.165) is 12.8 Å². The van der Waals surface area contributed by atoms with E-state index in [4.69, 9.17) is 5.73 Å². The number of hydrogen-bond acceptors (Lipinski definition) is 7. The minimum atomic E-state index is -0.481. The SMILES string of the molecule is CC(Nc1ncnc(N)c1C#N)c1nc2ccc(F)cc2cc1C(=O)NC1CC1. The molecule has 9 heteroatoms. The van der Waals surface area contributed by atoms with Crippen LogP contribution in [0.2, 0.25) is 0 Å². The maximum absolute atomic E-state index is 13.7. The summed E-state index contributed by atoms with van der Waals surface area (Å²) in [5.74, 6) is -0.354. The lowest BCUT2D eigenvalue weighted by atomic mass is 10.0. The van der Waals surface area contributed by atoms with Gasteiger partial charge in [0, 0.05) is 11.4 Å². The predicted molar refractivity (Wildman–Crippen MR) is 105 cm³/mol. The quantitative estimate of drug-likeness (QED) is 0.609. The number of hydrogen-bond donors (Lipinski definition) is 3. The van der Waals surface area contributed by atoms with Crippen molar-refractivity contribution in [3.05, 3.63) is 53.2 Å². The summed E-state index contributed by atoms with van der Waals surface area (Å²) < 4.78 is 13.7. The third-order valence-corrected chi connectivity index (χ3v) is 4.72. The summed E-state index contributed by atoms with van der Waals surface area (Å²) in [6.45, 7) is 1.80. The highest BCUT2D eigenvalue weighted by atomic mass is 19.1. The van der Waals surface area contributed by atoms with Crippen LogP contribution in [0, 0.1) is 17.1 Å². The zero-order chi connectivity index (χ0) is 20.5. The van der Waals surface area contributed by atoms with Crippen LogP contribution < -0.4 is 16.4 Å². The number of nitriles is 1.